The van der Waals surface area contributed by atoms with Gasteiger partial charge in [0.2, 0.25) is 0 Å². The predicted molar refractivity (Wildman–Crippen MR) is 185 cm³/mol. The topological polar surface area (TPSA) is 99.4 Å². The van der Waals surface area contributed by atoms with E-state index >= 15 is 0 Å². The lowest BCUT2D eigenvalue weighted by molar-refractivity contribution is -0.129. The van der Waals surface area contributed by atoms with Gasteiger partial charge in [-0.25, -0.2) is 0 Å². The smallest absolute Gasteiger partial charge is 0.192 e. The third-order valence-corrected chi connectivity index (χ3v) is 22.0. The lowest BCUT2D eigenvalue weighted by Crippen LogP contribution is -2.60. The van der Waals surface area contributed by atoms with Gasteiger partial charge in [0.25, 0.3) is 0 Å². The molecule has 2 unspecified atom stereocenters. The maximum absolute atomic E-state index is 11.2. The van der Waals surface area contributed by atoms with E-state index in [0.717, 1.165) is 36.3 Å². The molecule has 0 aliphatic heterocycles. The van der Waals surface area contributed by atoms with E-state index in [1.165, 1.54) is 32.0 Å². The number of hydrogen-bond donors (Lipinski definition) is 4. The van der Waals surface area contributed by atoms with E-state index in [1.807, 2.05) is 27.7 Å². The molecule has 0 rings (SSSR count). The molecule has 0 spiro atoms. The third-order valence-electron chi connectivity index (χ3n) is 8.86. The lowest BCUT2D eigenvalue weighted by atomic mass is 9.89. The van der Waals surface area contributed by atoms with Gasteiger partial charge < -0.3 is 29.3 Å². The predicted octanol–water partition coefficient (Wildman–Crippen LogP) is 7.97. The van der Waals surface area contributed by atoms with E-state index in [0.29, 0.717) is 0 Å². The van der Waals surface area contributed by atoms with Gasteiger partial charge in [-0.05, 0) is 77.8 Å². The van der Waals surface area contributed by atoms with Crippen LogP contribution in [0.4, 0.5) is 0 Å². The highest BCUT2D eigenvalue weighted by molar-refractivity contribution is 6.74. The SMILES string of the molecule is C.CC(O)C(O)C(C)O.CC[SiH](CC)CC.CC[Si](CC)(CC)OC(C)(C)C(O)C(C)(C)O[Si](CC)(CC)CC. The average molecular weight is 629 g/mol. The Hall–Kier alpha value is 0.411. The number of aliphatic hydroxyl groups excluding tert-OH is 4. The summed E-state index contributed by atoms with van der Waals surface area (Å²) < 4.78 is 13.3. The molecule has 0 bridgehead atoms. The highest BCUT2D eigenvalue weighted by atomic mass is 28.4. The van der Waals surface area contributed by atoms with Crippen LogP contribution in [-0.2, 0) is 8.85 Å². The zero-order valence-electron chi connectivity index (χ0n) is 28.9. The van der Waals surface area contributed by atoms with Crippen molar-refractivity contribution in [2.45, 2.75) is 201 Å². The van der Waals surface area contributed by atoms with Gasteiger partial charge in [-0.1, -0.05) is 87.9 Å². The first kappa shape index (κ1) is 47.3. The van der Waals surface area contributed by atoms with Crippen LogP contribution >= 0.6 is 0 Å². The van der Waals surface area contributed by atoms with Crippen LogP contribution in [0.25, 0.3) is 0 Å². The summed E-state index contributed by atoms with van der Waals surface area (Å²) in [5.41, 5.74) is -1.18. The summed E-state index contributed by atoms with van der Waals surface area (Å²) in [6.07, 6.45) is -3.36. The van der Waals surface area contributed by atoms with Crippen LogP contribution in [0.15, 0.2) is 0 Å². The van der Waals surface area contributed by atoms with E-state index < -0.39 is 52.3 Å². The second-order valence-electron chi connectivity index (χ2n) is 12.4. The summed E-state index contributed by atoms with van der Waals surface area (Å²) in [6, 6.07) is 11.0. The summed E-state index contributed by atoms with van der Waals surface area (Å²) in [5, 5.41) is 37.1. The molecule has 0 heterocycles. The number of rotatable bonds is 17. The molecule has 0 aromatic rings. The standard InChI is InChI=1S/C19H44O3Si2.C6H16Si.C5H12O3.CH4/c1-11-23(12-2,13-3)21-18(7,8)17(20)19(9,10)22-24(14-4,15-5)16-6;1-4-7(5-2)6-3;1-3(6)5(8)4(2)7;/h17,20H,11-16H2,1-10H3;7H,4-6H2,1-3H3;3-8H,1-2H3;1H4. The summed E-state index contributed by atoms with van der Waals surface area (Å²) in [4.78, 5) is 0. The van der Waals surface area contributed by atoms with Gasteiger partial charge in [-0.3, -0.25) is 0 Å². The minimum absolute atomic E-state index is 0. The minimum Gasteiger partial charge on any atom is -0.409 e. The van der Waals surface area contributed by atoms with E-state index in [1.54, 1.807) is 0 Å². The van der Waals surface area contributed by atoms with Crippen LogP contribution in [0, 0.1) is 0 Å². The molecule has 0 saturated heterocycles. The second kappa shape index (κ2) is 22.9. The largest absolute Gasteiger partial charge is 0.409 e. The van der Waals surface area contributed by atoms with E-state index in [4.69, 9.17) is 24.2 Å². The van der Waals surface area contributed by atoms with Crippen LogP contribution in [0.1, 0.15) is 111 Å². The average Bonchev–Trinajstić information content (AvgIpc) is 2.91. The Kier molecular flexibility index (Phi) is 27.1. The first-order chi connectivity index (χ1) is 17.8. The zero-order chi connectivity index (χ0) is 31.7. The minimum atomic E-state index is -1.78. The van der Waals surface area contributed by atoms with Gasteiger partial charge in [0, 0.05) is 8.80 Å². The molecule has 9 heteroatoms. The van der Waals surface area contributed by atoms with Crippen molar-refractivity contribution in [2.24, 2.45) is 0 Å². The number of aliphatic hydroxyl groups is 4. The van der Waals surface area contributed by atoms with Gasteiger partial charge in [0.15, 0.2) is 16.6 Å². The lowest BCUT2D eigenvalue weighted by Gasteiger charge is -2.48. The Morgan fingerprint density at radius 1 is 0.550 bits per heavy atom. The first-order valence-electron chi connectivity index (χ1n) is 16.0. The molecule has 0 fully saturated rings. The molecule has 6 nitrogen and oxygen atoms in total. The van der Waals surface area contributed by atoms with E-state index in [-0.39, 0.29) is 16.2 Å². The highest BCUT2D eigenvalue weighted by Crippen LogP contribution is 2.37. The van der Waals surface area contributed by atoms with Gasteiger partial charge in [0.1, 0.15) is 12.2 Å². The van der Waals surface area contributed by atoms with Crippen LogP contribution < -0.4 is 0 Å². The monoisotopic (exact) mass is 628 g/mol. The summed E-state index contributed by atoms with van der Waals surface area (Å²) in [5.74, 6) is 0. The first-order valence-corrected chi connectivity index (χ1v) is 23.5. The molecule has 40 heavy (non-hydrogen) atoms. The fraction of sp³-hybridized carbons (Fsp3) is 1.00. The fourth-order valence-corrected chi connectivity index (χ4v) is 13.3. The molecule has 0 saturated carbocycles. The van der Waals surface area contributed by atoms with Crippen molar-refractivity contribution in [1.29, 1.82) is 0 Å². The van der Waals surface area contributed by atoms with Crippen molar-refractivity contribution in [2.75, 3.05) is 0 Å². The Labute approximate surface area is 255 Å². The molecule has 0 radical (unpaired) electrons. The van der Waals surface area contributed by atoms with Crippen LogP contribution in [0.3, 0.4) is 0 Å². The molecule has 2 atom stereocenters. The van der Waals surface area contributed by atoms with Crippen molar-refractivity contribution in [3.05, 3.63) is 0 Å². The highest BCUT2D eigenvalue weighted by Gasteiger charge is 2.48. The molecule has 4 N–H and O–H groups in total. The Morgan fingerprint density at radius 3 is 0.875 bits per heavy atom. The molecule has 0 amide bonds. The summed E-state index contributed by atoms with van der Waals surface area (Å²) >= 11 is 0. The van der Waals surface area contributed by atoms with E-state index in [2.05, 4.69) is 62.3 Å². The van der Waals surface area contributed by atoms with Crippen molar-refractivity contribution in [3.63, 3.8) is 0 Å². The number of hydrogen-bond acceptors (Lipinski definition) is 6. The normalized spacial score (nSPS) is 14.9. The van der Waals surface area contributed by atoms with Gasteiger partial charge in [-0.15, -0.1) is 0 Å². The van der Waals surface area contributed by atoms with Crippen molar-refractivity contribution in [1.82, 2.24) is 0 Å². The van der Waals surface area contributed by atoms with Gasteiger partial charge >= 0.3 is 0 Å². The van der Waals surface area contributed by atoms with Crippen molar-refractivity contribution in [3.8, 4) is 0 Å². The van der Waals surface area contributed by atoms with Crippen LogP contribution in [-0.4, -0.2) is 81.5 Å². The maximum atomic E-state index is 11.2. The summed E-state index contributed by atoms with van der Waals surface area (Å²) in [6.45, 7) is 31.4. The zero-order valence-corrected chi connectivity index (χ0v) is 32.0. The molecular weight excluding hydrogens is 553 g/mol. The van der Waals surface area contributed by atoms with Crippen molar-refractivity contribution >= 4 is 25.4 Å². The van der Waals surface area contributed by atoms with Crippen LogP contribution in [0.2, 0.25) is 54.4 Å². The maximum Gasteiger partial charge on any atom is 0.192 e. The summed E-state index contributed by atoms with van der Waals surface area (Å²) in [7, 11) is -3.74. The third kappa shape index (κ3) is 16.9. The quantitative estimate of drug-likeness (QED) is 0.122. The second-order valence-corrected chi connectivity index (χ2v) is 25.9. The molecule has 0 aromatic heterocycles. The molecule has 248 valence electrons. The van der Waals surface area contributed by atoms with Crippen molar-refractivity contribution < 1.29 is 29.3 Å². The van der Waals surface area contributed by atoms with Gasteiger partial charge in [-0.2, -0.15) is 0 Å². The molecular formula is C31H76O6Si3. The van der Waals surface area contributed by atoms with E-state index in [9.17, 15) is 5.11 Å². The fourth-order valence-electron chi connectivity index (χ4n) is 5.27. The van der Waals surface area contributed by atoms with Gasteiger partial charge in [0.05, 0.1) is 23.4 Å². The molecule has 0 aliphatic rings. The molecule has 0 aliphatic carbocycles. The molecule has 0 aromatic carbocycles. The van der Waals surface area contributed by atoms with Crippen LogP contribution in [0.5, 0.6) is 0 Å². The Morgan fingerprint density at radius 2 is 0.775 bits per heavy atom. The Bertz CT molecular complexity index is 511. The Balaban J connectivity index is -0.000000331.